The van der Waals surface area contributed by atoms with Crippen molar-refractivity contribution in [1.82, 2.24) is 0 Å². The van der Waals surface area contributed by atoms with Crippen LogP contribution in [0, 0.1) is 0 Å². The highest BCUT2D eigenvalue weighted by molar-refractivity contribution is 6.32. The quantitative estimate of drug-likeness (QED) is 0.410. The smallest absolute Gasteiger partial charge is 0.280 e. The lowest BCUT2D eigenvalue weighted by molar-refractivity contribution is -0.114. The lowest BCUT2D eigenvalue weighted by Crippen LogP contribution is -2.21. The molecule has 5 nitrogen and oxygen atoms in total. The van der Waals surface area contributed by atoms with E-state index >= 15 is 0 Å². The predicted molar refractivity (Wildman–Crippen MR) is 128 cm³/mol. The van der Waals surface area contributed by atoms with Gasteiger partial charge >= 0.3 is 0 Å². The first-order chi connectivity index (χ1) is 15.5. The third-order valence-corrected chi connectivity index (χ3v) is 5.20. The van der Waals surface area contributed by atoms with Crippen molar-refractivity contribution in [3.05, 3.63) is 94.5 Å². The fourth-order valence-corrected chi connectivity index (χ4v) is 3.46. The zero-order chi connectivity index (χ0) is 22.5. The summed E-state index contributed by atoms with van der Waals surface area (Å²) in [6, 6.07) is 22.5. The Hall–Kier alpha value is -3.57. The minimum absolute atomic E-state index is 0.158. The average molecular weight is 447 g/mol. The van der Waals surface area contributed by atoms with Crippen LogP contribution >= 0.6 is 11.6 Å². The van der Waals surface area contributed by atoms with Gasteiger partial charge in [0.2, 0.25) is 0 Å². The van der Waals surface area contributed by atoms with Gasteiger partial charge in [-0.1, -0.05) is 48.0 Å². The number of hydrazone groups is 1. The van der Waals surface area contributed by atoms with Crippen molar-refractivity contribution < 1.29 is 14.3 Å². The van der Waals surface area contributed by atoms with Gasteiger partial charge in [-0.2, -0.15) is 10.1 Å². The molecule has 1 aliphatic rings. The highest BCUT2D eigenvalue weighted by Gasteiger charge is 2.28. The molecule has 6 heteroatoms. The van der Waals surface area contributed by atoms with Crippen molar-refractivity contribution in [3.8, 4) is 11.5 Å². The summed E-state index contributed by atoms with van der Waals surface area (Å²) < 4.78 is 11.8. The minimum atomic E-state index is -0.158. The summed E-state index contributed by atoms with van der Waals surface area (Å²) in [5.41, 5.74) is 3.79. The molecular weight excluding hydrogens is 424 g/mol. The Balaban J connectivity index is 1.55. The fraction of sp³-hybridized carbons (Fsp3) is 0.154. The molecule has 32 heavy (non-hydrogen) atoms. The van der Waals surface area contributed by atoms with E-state index in [1.807, 2.05) is 92.7 Å². The molecule has 162 valence electrons. The molecular formula is C26H23ClN2O3. The molecule has 0 saturated heterocycles. The van der Waals surface area contributed by atoms with Gasteiger partial charge in [0.25, 0.3) is 5.91 Å². The number of para-hydroxylation sites is 1. The van der Waals surface area contributed by atoms with Gasteiger partial charge in [0.05, 0.1) is 23.6 Å². The van der Waals surface area contributed by atoms with Crippen LogP contribution in [-0.2, 0) is 11.4 Å². The number of hydrogen-bond donors (Lipinski definition) is 0. The van der Waals surface area contributed by atoms with Crippen LogP contribution in [0.15, 0.2) is 83.5 Å². The van der Waals surface area contributed by atoms with E-state index < -0.39 is 0 Å². The lowest BCUT2D eigenvalue weighted by atomic mass is 10.1. The standard InChI is InChI=1S/C26H23ClN2O3/c1-3-31-25-16-20(11-14-24(25)32-17-19-9-12-21(27)13-10-19)15-23-18(2)28-29(26(23)30)22-7-5-4-6-8-22/h4-16H,3,17H2,1-2H3/b23-15-. The molecule has 3 aromatic carbocycles. The maximum Gasteiger partial charge on any atom is 0.280 e. The largest absolute Gasteiger partial charge is 0.490 e. The normalized spacial score (nSPS) is 14.6. The zero-order valence-corrected chi connectivity index (χ0v) is 18.7. The van der Waals surface area contributed by atoms with E-state index in [-0.39, 0.29) is 5.91 Å². The molecule has 0 N–H and O–H groups in total. The summed E-state index contributed by atoms with van der Waals surface area (Å²) in [6.45, 7) is 4.65. The summed E-state index contributed by atoms with van der Waals surface area (Å²) in [5, 5.41) is 6.54. The Morgan fingerprint density at radius 1 is 0.969 bits per heavy atom. The molecule has 0 unspecified atom stereocenters. The van der Waals surface area contributed by atoms with E-state index in [1.165, 1.54) is 5.01 Å². The van der Waals surface area contributed by atoms with Gasteiger partial charge in [0.1, 0.15) is 6.61 Å². The summed E-state index contributed by atoms with van der Waals surface area (Å²) in [5.74, 6) is 1.10. The van der Waals surface area contributed by atoms with E-state index in [1.54, 1.807) is 0 Å². The van der Waals surface area contributed by atoms with E-state index in [4.69, 9.17) is 21.1 Å². The Morgan fingerprint density at radius 2 is 1.72 bits per heavy atom. The number of ether oxygens (including phenoxy) is 2. The van der Waals surface area contributed by atoms with Crippen LogP contribution in [0.1, 0.15) is 25.0 Å². The molecule has 0 saturated carbocycles. The summed E-state index contributed by atoms with van der Waals surface area (Å²) in [6.07, 6.45) is 1.83. The summed E-state index contributed by atoms with van der Waals surface area (Å²) >= 11 is 5.95. The second-order valence-electron chi connectivity index (χ2n) is 7.25. The van der Waals surface area contributed by atoms with Gasteiger partial charge in [-0.15, -0.1) is 0 Å². The number of amides is 1. The van der Waals surface area contributed by atoms with Gasteiger partial charge in [0.15, 0.2) is 11.5 Å². The lowest BCUT2D eigenvalue weighted by Gasteiger charge is -2.13. The number of benzene rings is 3. The van der Waals surface area contributed by atoms with Crippen molar-refractivity contribution in [2.45, 2.75) is 20.5 Å². The molecule has 4 rings (SSSR count). The van der Waals surface area contributed by atoms with Crippen LogP contribution < -0.4 is 14.5 Å². The first-order valence-electron chi connectivity index (χ1n) is 10.4. The molecule has 1 aliphatic heterocycles. The minimum Gasteiger partial charge on any atom is -0.490 e. The molecule has 0 atom stereocenters. The van der Waals surface area contributed by atoms with Crippen molar-refractivity contribution in [2.24, 2.45) is 5.10 Å². The molecule has 3 aromatic rings. The maximum absolute atomic E-state index is 13.0. The third kappa shape index (κ3) is 4.84. The molecule has 0 spiro atoms. The van der Waals surface area contributed by atoms with E-state index in [9.17, 15) is 4.79 Å². The highest BCUT2D eigenvalue weighted by Crippen LogP contribution is 2.31. The average Bonchev–Trinajstić information content (AvgIpc) is 3.09. The van der Waals surface area contributed by atoms with E-state index in [2.05, 4.69) is 5.10 Å². The monoisotopic (exact) mass is 446 g/mol. The number of halogens is 1. The van der Waals surface area contributed by atoms with Gasteiger partial charge in [-0.3, -0.25) is 4.79 Å². The Labute approximate surface area is 192 Å². The summed E-state index contributed by atoms with van der Waals surface area (Å²) in [7, 11) is 0. The number of hydrogen-bond acceptors (Lipinski definition) is 4. The van der Waals surface area contributed by atoms with Crippen LogP contribution in [0.3, 0.4) is 0 Å². The van der Waals surface area contributed by atoms with Gasteiger partial charge in [0, 0.05) is 5.02 Å². The van der Waals surface area contributed by atoms with Crippen LogP contribution in [0.4, 0.5) is 5.69 Å². The highest BCUT2D eigenvalue weighted by atomic mass is 35.5. The van der Waals surface area contributed by atoms with Crippen LogP contribution in [0.25, 0.3) is 6.08 Å². The van der Waals surface area contributed by atoms with Gasteiger partial charge < -0.3 is 9.47 Å². The third-order valence-electron chi connectivity index (χ3n) is 4.95. The van der Waals surface area contributed by atoms with Crippen molar-refractivity contribution in [1.29, 1.82) is 0 Å². The van der Waals surface area contributed by atoms with Crippen LogP contribution in [-0.4, -0.2) is 18.2 Å². The second-order valence-corrected chi connectivity index (χ2v) is 7.69. The molecule has 0 radical (unpaired) electrons. The number of anilines is 1. The molecule has 0 aromatic heterocycles. The molecule has 0 fully saturated rings. The number of nitrogens with zero attached hydrogens (tertiary/aromatic N) is 2. The topological polar surface area (TPSA) is 51.1 Å². The van der Waals surface area contributed by atoms with Gasteiger partial charge in [-0.05, 0) is 67.4 Å². The van der Waals surface area contributed by atoms with E-state index in [0.717, 1.165) is 16.8 Å². The van der Waals surface area contributed by atoms with Crippen molar-refractivity contribution >= 4 is 35.0 Å². The van der Waals surface area contributed by atoms with Gasteiger partial charge in [-0.25, -0.2) is 0 Å². The Kier molecular flexibility index (Phi) is 6.57. The van der Waals surface area contributed by atoms with Crippen molar-refractivity contribution in [2.75, 3.05) is 11.6 Å². The maximum atomic E-state index is 13.0. The molecule has 1 heterocycles. The molecule has 0 aliphatic carbocycles. The van der Waals surface area contributed by atoms with Crippen molar-refractivity contribution in [3.63, 3.8) is 0 Å². The van der Waals surface area contributed by atoms with Crippen LogP contribution in [0.2, 0.25) is 5.02 Å². The number of carbonyl (C=O) groups is 1. The fourth-order valence-electron chi connectivity index (χ4n) is 3.34. The predicted octanol–water partition coefficient (Wildman–Crippen LogP) is 6.12. The Morgan fingerprint density at radius 3 is 2.44 bits per heavy atom. The first-order valence-corrected chi connectivity index (χ1v) is 10.7. The van der Waals surface area contributed by atoms with E-state index in [0.29, 0.717) is 41.0 Å². The number of carbonyl (C=O) groups excluding carboxylic acids is 1. The van der Waals surface area contributed by atoms with Crippen LogP contribution in [0.5, 0.6) is 11.5 Å². The zero-order valence-electron chi connectivity index (χ0n) is 17.9. The second kappa shape index (κ2) is 9.71. The molecule has 0 bridgehead atoms. The Bertz CT molecular complexity index is 1170. The summed E-state index contributed by atoms with van der Waals surface area (Å²) in [4.78, 5) is 13.0. The molecule has 1 amide bonds. The number of rotatable bonds is 7. The SMILES string of the molecule is CCOc1cc(/C=C2\C(=O)N(c3ccccc3)N=C2C)ccc1OCc1ccc(Cl)cc1. The first kappa shape index (κ1) is 21.7.